The Balaban J connectivity index is 1.65. The molecule has 0 aliphatic heterocycles. The summed E-state index contributed by atoms with van der Waals surface area (Å²) < 4.78 is 5.64. The normalized spacial score (nSPS) is 16.1. The fourth-order valence-corrected chi connectivity index (χ4v) is 2.01. The predicted octanol–water partition coefficient (Wildman–Crippen LogP) is 2.84. The van der Waals surface area contributed by atoms with Crippen molar-refractivity contribution in [1.29, 1.82) is 0 Å². The van der Waals surface area contributed by atoms with Gasteiger partial charge in [-0.1, -0.05) is 18.2 Å². The van der Waals surface area contributed by atoms with E-state index in [0.717, 1.165) is 24.8 Å². The van der Waals surface area contributed by atoms with Gasteiger partial charge in [-0.2, -0.15) is 0 Å². The summed E-state index contributed by atoms with van der Waals surface area (Å²) >= 11 is 0. The average molecular weight is 219 g/mol. The third-order valence-electron chi connectivity index (χ3n) is 3.29. The molecule has 0 bridgehead atoms. The lowest BCUT2D eigenvalue weighted by Gasteiger charge is -2.26. The van der Waals surface area contributed by atoms with Crippen LogP contribution in [0.5, 0.6) is 5.75 Å². The number of benzene rings is 1. The Hall–Kier alpha value is -1.02. The minimum Gasteiger partial charge on any atom is -0.492 e. The number of hydrogen-bond donors (Lipinski definition) is 1. The monoisotopic (exact) mass is 219 g/mol. The molecule has 0 aromatic heterocycles. The van der Waals surface area contributed by atoms with E-state index in [1.165, 1.54) is 12.8 Å². The smallest absolute Gasteiger partial charge is 0.119 e. The molecule has 1 fully saturated rings. The van der Waals surface area contributed by atoms with Gasteiger partial charge in [-0.25, -0.2) is 0 Å². The van der Waals surface area contributed by atoms with Crippen molar-refractivity contribution in [2.75, 3.05) is 13.2 Å². The third kappa shape index (κ3) is 3.24. The Labute approximate surface area is 98.0 Å². The first-order chi connectivity index (χ1) is 7.68. The molecule has 88 valence electrons. The van der Waals surface area contributed by atoms with Gasteiger partial charge in [0.2, 0.25) is 0 Å². The van der Waals surface area contributed by atoms with E-state index in [9.17, 15) is 0 Å². The summed E-state index contributed by atoms with van der Waals surface area (Å²) in [4.78, 5) is 0. The quantitative estimate of drug-likeness (QED) is 0.743. The summed E-state index contributed by atoms with van der Waals surface area (Å²) in [7, 11) is 0. The maximum Gasteiger partial charge on any atom is 0.119 e. The van der Waals surface area contributed by atoms with Crippen molar-refractivity contribution in [1.82, 2.24) is 5.32 Å². The zero-order chi connectivity index (χ0) is 11.4. The molecule has 0 heterocycles. The second-order valence-corrected chi connectivity index (χ2v) is 5.08. The Bertz CT molecular complexity index is 317. The summed E-state index contributed by atoms with van der Waals surface area (Å²) in [5, 5.41) is 3.57. The second kappa shape index (κ2) is 4.88. The van der Waals surface area contributed by atoms with Gasteiger partial charge in [-0.15, -0.1) is 0 Å². The van der Waals surface area contributed by atoms with E-state index in [1.807, 2.05) is 30.3 Å². The first-order valence-corrected chi connectivity index (χ1v) is 6.11. The molecule has 0 unspecified atom stereocenters. The highest BCUT2D eigenvalue weighted by Crippen LogP contribution is 2.38. The number of hydrogen-bond acceptors (Lipinski definition) is 2. The Kier molecular flexibility index (Phi) is 3.49. The first kappa shape index (κ1) is 11.5. The molecule has 2 nitrogen and oxygen atoms in total. The van der Waals surface area contributed by atoms with Gasteiger partial charge in [0.15, 0.2) is 0 Å². The zero-order valence-corrected chi connectivity index (χ0v) is 10.2. The van der Waals surface area contributed by atoms with E-state index in [2.05, 4.69) is 19.2 Å². The van der Waals surface area contributed by atoms with Crippen LogP contribution in [-0.4, -0.2) is 18.7 Å². The van der Waals surface area contributed by atoms with E-state index in [-0.39, 0.29) is 5.54 Å². The van der Waals surface area contributed by atoms with Crippen molar-refractivity contribution in [3.05, 3.63) is 30.3 Å². The van der Waals surface area contributed by atoms with Gasteiger partial charge in [0.25, 0.3) is 0 Å². The van der Waals surface area contributed by atoms with Crippen molar-refractivity contribution in [2.45, 2.75) is 32.2 Å². The van der Waals surface area contributed by atoms with Crippen LogP contribution >= 0.6 is 0 Å². The van der Waals surface area contributed by atoms with Crippen LogP contribution < -0.4 is 10.1 Å². The first-order valence-electron chi connectivity index (χ1n) is 6.11. The largest absolute Gasteiger partial charge is 0.492 e. The van der Waals surface area contributed by atoms with Crippen molar-refractivity contribution in [3.8, 4) is 5.75 Å². The average Bonchev–Trinajstić information content (AvgIpc) is 3.10. The summed E-state index contributed by atoms with van der Waals surface area (Å²) in [5.74, 6) is 1.82. The molecule has 2 rings (SSSR count). The molecule has 0 spiro atoms. The van der Waals surface area contributed by atoms with Crippen molar-refractivity contribution < 1.29 is 4.74 Å². The highest BCUT2D eigenvalue weighted by molar-refractivity contribution is 5.20. The molecule has 0 radical (unpaired) electrons. The van der Waals surface area contributed by atoms with Crippen LogP contribution in [0.4, 0.5) is 0 Å². The van der Waals surface area contributed by atoms with Gasteiger partial charge in [0, 0.05) is 12.1 Å². The van der Waals surface area contributed by atoms with Crippen LogP contribution in [0.1, 0.15) is 26.7 Å². The summed E-state index contributed by atoms with van der Waals surface area (Å²) in [6.45, 7) is 6.22. The number of nitrogens with one attached hydrogen (secondary N) is 1. The van der Waals surface area contributed by atoms with Crippen LogP contribution in [0.15, 0.2) is 30.3 Å². The van der Waals surface area contributed by atoms with Crippen LogP contribution in [0, 0.1) is 5.92 Å². The minimum atomic E-state index is 0.278. The van der Waals surface area contributed by atoms with E-state index < -0.39 is 0 Å². The minimum absolute atomic E-state index is 0.278. The molecule has 1 aromatic rings. The molecule has 1 aliphatic carbocycles. The Morgan fingerprint density at radius 1 is 1.25 bits per heavy atom. The van der Waals surface area contributed by atoms with E-state index in [1.54, 1.807) is 0 Å². The van der Waals surface area contributed by atoms with Crippen molar-refractivity contribution >= 4 is 0 Å². The predicted molar refractivity (Wildman–Crippen MR) is 66.7 cm³/mol. The molecule has 0 saturated heterocycles. The molecule has 1 saturated carbocycles. The third-order valence-corrected chi connectivity index (χ3v) is 3.29. The number of para-hydroxylation sites is 1. The van der Waals surface area contributed by atoms with Crippen molar-refractivity contribution in [3.63, 3.8) is 0 Å². The van der Waals surface area contributed by atoms with Gasteiger partial charge >= 0.3 is 0 Å². The molecule has 1 N–H and O–H groups in total. The van der Waals surface area contributed by atoms with Crippen LogP contribution in [-0.2, 0) is 0 Å². The SMILES string of the molecule is CC(C)(NCCOc1ccccc1)C1CC1. The lowest BCUT2D eigenvalue weighted by Crippen LogP contribution is -2.43. The van der Waals surface area contributed by atoms with E-state index >= 15 is 0 Å². The highest BCUT2D eigenvalue weighted by Gasteiger charge is 2.36. The van der Waals surface area contributed by atoms with Gasteiger partial charge < -0.3 is 10.1 Å². The van der Waals surface area contributed by atoms with Gasteiger partial charge in [0.1, 0.15) is 12.4 Å². The topological polar surface area (TPSA) is 21.3 Å². The number of rotatable bonds is 6. The summed E-state index contributed by atoms with van der Waals surface area (Å²) in [5.41, 5.74) is 0.278. The molecule has 16 heavy (non-hydrogen) atoms. The van der Waals surface area contributed by atoms with Gasteiger partial charge in [0.05, 0.1) is 0 Å². The summed E-state index contributed by atoms with van der Waals surface area (Å²) in [6, 6.07) is 9.98. The molecule has 0 amide bonds. The molecular formula is C14H21NO. The summed E-state index contributed by atoms with van der Waals surface area (Å²) in [6.07, 6.45) is 2.75. The van der Waals surface area contributed by atoms with Crippen LogP contribution in [0.2, 0.25) is 0 Å². The van der Waals surface area contributed by atoms with Crippen LogP contribution in [0.3, 0.4) is 0 Å². The fourth-order valence-electron chi connectivity index (χ4n) is 2.01. The van der Waals surface area contributed by atoms with E-state index in [4.69, 9.17) is 4.74 Å². The highest BCUT2D eigenvalue weighted by atomic mass is 16.5. The van der Waals surface area contributed by atoms with Gasteiger partial charge in [-0.3, -0.25) is 0 Å². The molecule has 1 aliphatic rings. The molecule has 0 atom stereocenters. The standard InChI is InChI=1S/C14H21NO/c1-14(2,12-8-9-12)15-10-11-16-13-6-4-3-5-7-13/h3-7,12,15H,8-11H2,1-2H3. The lowest BCUT2D eigenvalue weighted by atomic mass is 9.99. The Morgan fingerprint density at radius 3 is 2.56 bits per heavy atom. The maximum absolute atomic E-state index is 5.64. The van der Waals surface area contributed by atoms with Crippen molar-refractivity contribution in [2.24, 2.45) is 5.92 Å². The Morgan fingerprint density at radius 2 is 1.94 bits per heavy atom. The van der Waals surface area contributed by atoms with Crippen LogP contribution in [0.25, 0.3) is 0 Å². The molecule has 2 heteroatoms. The fraction of sp³-hybridized carbons (Fsp3) is 0.571. The second-order valence-electron chi connectivity index (χ2n) is 5.08. The van der Waals surface area contributed by atoms with E-state index in [0.29, 0.717) is 0 Å². The number of ether oxygens (including phenoxy) is 1. The van der Waals surface area contributed by atoms with Gasteiger partial charge in [-0.05, 0) is 44.7 Å². The maximum atomic E-state index is 5.64. The lowest BCUT2D eigenvalue weighted by molar-refractivity contribution is 0.270. The molecule has 1 aromatic carbocycles. The molecular weight excluding hydrogens is 198 g/mol. The zero-order valence-electron chi connectivity index (χ0n) is 10.2.